The van der Waals surface area contributed by atoms with Crippen molar-refractivity contribution in [2.75, 3.05) is 13.1 Å². The number of rotatable bonds is 4. The lowest BCUT2D eigenvalue weighted by molar-refractivity contribution is 0.0243. The Bertz CT molecular complexity index is 727. The van der Waals surface area contributed by atoms with Crippen LogP contribution in [0.2, 0.25) is 0 Å². The molecular weight excluding hydrogens is 320 g/mol. The first kappa shape index (κ1) is 17.2. The first-order valence-electron chi connectivity index (χ1n) is 8.36. The summed E-state index contributed by atoms with van der Waals surface area (Å²) >= 11 is 0. The molecule has 2 heterocycles. The molecule has 2 aromatic rings. The Morgan fingerprint density at radius 1 is 1.12 bits per heavy atom. The number of carboxylic acids is 1. The van der Waals surface area contributed by atoms with Gasteiger partial charge in [0.15, 0.2) is 5.76 Å². The van der Waals surface area contributed by atoms with Crippen molar-refractivity contribution in [3.63, 3.8) is 0 Å². The average molecular weight is 342 g/mol. The van der Waals surface area contributed by atoms with Crippen molar-refractivity contribution < 1.29 is 19.1 Å². The Kier molecular flexibility index (Phi) is 4.90. The summed E-state index contributed by atoms with van der Waals surface area (Å²) < 4.78 is 5.25. The number of aromatic carboxylic acids is 1. The van der Waals surface area contributed by atoms with Gasteiger partial charge in [0.1, 0.15) is 0 Å². The summed E-state index contributed by atoms with van der Waals surface area (Å²) in [5, 5.41) is 8.97. The third-order valence-corrected chi connectivity index (χ3v) is 4.57. The van der Waals surface area contributed by atoms with Gasteiger partial charge in [-0.2, -0.15) is 0 Å². The second-order valence-electron chi connectivity index (χ2n) is 6.58. The molecule has 1 aliphatic rings. The third-order valence-electron chi connectivity index (χ3n) is 4.57. The number of amides is 1. The predicted octanol–water partition coefficient (Wildman–Crippen LogP) is 2.71. The van der Waals surface area contributed by atoms with E-state index in [2.05, 4.69) is 4.90 Å². The van der Waals surface area contributed by atoms with Crippen LogP contribution in [0.3, 0.4) is 0 Å². The van der Waals surface area contributed by atoms with Crippen molar-refractivity contribution in [3.8, 4) is 0 Å². The van der Waals surface area contributed by atoms with Crippen molar-refractivity contribution in [2.45, 2.75) is 32.5 Å². The van der Waals surface area contributed by atoms with Gasteiger partial charge in [-0.05, 0) is 43.7 Å². The molecule has 0 spiro atoms. The molecule has 132 valence electrons. The van der Waals surface area contributed by atoms with E-state index >= 15 is 0 Å². The first-order valence-corrected chi connectivity index (χ1v) is 8.36. The number of furan rings is 1. The van der Waals surface area contributed by atoms with Crippen LogP contribution in [-0.4, -0.2) is 52.0 Å². The Balaban J connectivity index is 1.65. The number of carboxylic acid groups (broad SMARTS) is 1. The van der Waals surface area contributed by atoms with E-state index in [1.807, 2.05) is 30.9 Å². The van der Waals surface area contributed by atoms with E-state index in [0.29, 0.717) is 11.3 Å². The fourth-order valence-corrected chi connectivity index (χ4v) is 3.50. The quantitative estimate of drug-likeness (QED) is 0.925. The molecule has 0 saturated carbocycles. The average Bonchev–Trinajstić information content (AvgIpc) is 3.09. The molecule has 1 aliphatic heterocycles. The highest BCUT2D eigenvalue weighted by atomic mass is 16.4. The molecule has 0 aliphatic carbocycles. The molecule has 0 radical (unpaired) electrons. The van der Waals surface area contributed by atoms with Crippen molar-refractivity contribution in [1.82, 2.24) is 9.80 Å². The van der Waals surface area contributed by atoms with E-state index in [1.54, 1.807) is 24.3 Å². The van der Waals surface area contributed by atoms with Crippen LogP contribution in [0.15, 0.2) is 47.1 Å². The molecule has 6 heteroatoms. The second-order valence-corrected chi connectivity index (χ2v) is 6.58. The second kappa shape index (κ2) is 7.11. The van der Waals surface area contributed by atoms with Gasteiger partial charge in [0, 0.05) is 31.7 Å². The van der Waals surface area contributed by atoms with Crippen LogP contribution >= 0.6 is 0 Å². The van der Waals surface area contributed by atoms with Gasteiger partial charge < -0.3 is 14.4 Å². The number of piperazine rings is 1. The molecule has 1 saturated heterocycles. The molecule has 1 aromatic carbocycles. The number of hydrogen-bond donors (Lipinski definition) is 1. The third kappa shape index (κ3) is 3.74. The minimum Gasteiger partial charge on any atom is -0.478 e. The zero-order valence-corrected chi connectivity index (χ0v) is 14.4. The van der Waals surface area contributed by atoms with Gasteiger partial charge in [-0.25, -0.2) is 4.79 Å². The van der Waals surface area contributed by atoms with Crippen molar-refractivity contribution in [3.05, 3.63) is 59.5 Å². The van der Waals surface area contributed by atoms with Crippen LogP contribution in [0.25, 0.3) is 0 Å². The van der Waals surface area contributed by atoms with E-state index < -0.39 is 5.97 Å². The number of carbonyl (C=O) groups is 2. The van der Waals surface area contributed by atoms with Gasteiger partial charge in [-0.3, -0.25) is 9.69 Å². The van der Waals surface area contributed by atoms with Crippen molar-refractivity contribution >= 4 is 11.9 Å². The Hall–Kier alpha value is -2.60. The minimum absolute atomic E-state index is 0.0691. The van der Waals surface area contributed by atoms with Crippen LogP contribution in [0, 0.1) is 0 Å². The van der Waals surface area contributed by atoms with Crippen LogP contribution in [0.5, 0.6) is 0 Å². The van der Waals surface area contributed by atoms with Crippen molar-refractivity contribution in [2.24, 2.45) is 0 Å². The van der Waals surface area contributed by atoms with E-state index in [4.69, 9.17) is 9.52 Å². The zero-order valence-electron chi connectivity index (χ0n) is 14.4. The monoisotopic (exact) mass is 342 g/mol. The number of hydrogen-bond acceptors (Lipinski definition) is 4. The standard InChI is InChI=1S/C19H22N2O4/c1-13-10-20(12-15-5-7-16(8-6-15)19(23)24)11-14(2)21(13)18(22)17-4-3-9-25-17/h3-9,13-14H,10-12H2,1-2H3,(H,23,24)/t13-,14+. The molecule has 1 aromatic heterocycles. The zero-order chi connectivity index (χ0) is 18.0. The molecule has 0 unspecified atom stereocenters. The molecule has 1 fully saturated rings. The molecular formula is C19H22N2O4. The van der Waals surface area contributed by atoms with Crippen LogP contribution in [0.4, 0.5) is 0 Å². The number of carbonyl (C=O) groups excluding carboxylic acids is 1. The molecule has 25 heavy (non-hydrogen) atoms. The van der Waals surface area contributed by atoms with Crippen molar-refractivity contribution in [1.29, 1.82) is 0 Å². The summed E-state index contributed by atoms with van der Waals surface area (Å²) in [6.07, 6.45) is 1.51. The minimum atomic E-state index is -0.918. The van der Waals surface area contributed by atoms with Gasteiger partial charge in [0.05, 0.1) is 11.8 Å². The fraction of sp³-hybridized carbons (Fsp3) is 0.368. The van der Waals surface area contributed by atoms with E-state index in [9.17, 15) is 9.59 Å². The highest BCUT2D eigenvalue weighted by Gasteiger charge is 2.34. The summed E-state index contributed by atoms with van der Waals surface area (Å²) in [5.74, 6) is -0.620. The van der Waals surface area contributed by atoms with E-state index in [1.165, 1.54) is 6.26 Å². The van der Waals surface area contributed by atoms with E-state index in [0.717, 1.165) is 25.2 Å². The number of benzene rings is 1. The highest BCUT2D eigenvalue weighted by Crippen LogP contribution is 2.21. The Labute approximate surface area is 146 Å². The van der Waals surface area contributed by atoms with Gasteiger partial charge in [0.2, 0.25) is 0 Å². The molecule has 3 rings (SSSR count). The molecule has 1 N–H and O–H groups in total. The maximum Gasteiger partial charge on any atom is 0.335 e. The smallest absolute Gasteiger partial charge is 0.335 e. The first-order chi connectivity index (χ1) is 12.0. The lowest BCUT2D eigenvalue weighted by atomic mass is 10.1. The SMILES string of the molecule is C[C@@H]1CN(Cc2ccc(C(=O)O)cc2)C[C@H](C)N1C(=O)c1ccco1. The summed E-state index contributed by atoms with van der Waals surface area (Å²) in [7, 11) is 0. The van der Waals surface area contributed by atoms with Gasteiger partial charge in [-0.15, -0.1) is 0 Å². The molecule has 0 bridgehead atoms. The largest absolute Gasteiger partial charge is 0.478 e. The Morgan fingerprint density at radius 3 is 2.28 bits per heavy atom. The molecule has 6 nitrogen and oxygen atoms in total. The van der Waals surface area contributed by atoms with Gasteiger partial charge >= 0.3 is 5.97 Å². The van der Waals surface area contributed by atoms with Crippen LogP contribution < -0.4 is 0 Å². The lowest BCUT2D eigenvalue weighted by Crippen LogP contribution is -2.58. The normalized spacial score (nSPS) is 21.3. The van der Waals surface area contributed by atoms with E-state index in [-0.39, 0.29) is 18.0 Å². The maximum atomic E-state index is 12.6. The number of nitrogens with zero attached hydrogens (tertiary/aromatic N) is 2. The predicted molar refractivity (Wildman–Crippen MR) is 92.5 cm³/mol. The highest BCUT2D eigenvalue weighted by molar-refractivity contribution is 5.92. The summed E-state index contributed by atoms with van der Waals surface area (Å²) in [5.41, 5.74) is 1.36. The molecule has 2 atom stereocenters. The summed E-state index contributed by atoms with van der Waals surface area (Å²) in [6.45, 7) is 6.33. The summed E-state index contributed by atoms with van der Waals surface area (Å²) in [6, 6.07) is 10.5. The summed E-state index contributed by atoms with van der Waals surface area (Å²) in [4.78, 5) is 27.7. The van der Waals surface area contributed by atoms with Crippen LogP contribution in [0.1, 0.15) is 40.3 Å². The lowest BCUT2D eigenvalue weighted by Gasteiger charge is -2.44. The molecule has 1 amide bonds. The van der Waals surface area contributed by atoms with Gasteiger partial charge in [0.25, 0.3) is 5.91 Å². The Morgan fingerprint density at radius 2 is 1.76 bits per heavy atom. The van der Waals surface area contributed by atoms with Gasteiger partial charge in [-0.1, -0.05) is 12.1 Å². The van der Waals surface area contributed by atoms with Crippen LogP contribution in [-0.2, 0) is 6.54 Å². The maximum absolute atomic E-state index is 12.6. The fourth-order valence-electron chi connectivity index (χ4n) is 3.50. The topological polar surface area (TPSA) is 74.0 Å².